The van der Waals surface area contributed by atoms with E-state index in [2.05, 4.69) is 53.5 Å². The van der Waals surface area contributed by atoms with Crippen molar-refractivity contribution in [3.05, 3.63) is 46.8 Å². The number of likely N-dealkylation sites (N-methyl/N-ethyl adjacent to an activating group) is 1. The summed E-state index contributed by atoms with van der Waals surface area (Å²) in [6.45, 7) is 10.4. The monoisotopic (exact) mass is 361 g/mol. The van der Waals surface area contributed by atoms with Crippen LogP contribution in [0.25, 0.3) is 0 Å². The first-order valence-corrected chi connectivity index (χ1v) is 9.74. The molecule has 0 radical (unpaired) electrons. The molecule has 5 nitrogen and oxygen atoms in total. The van der Waals surface area contributed by atoms with E-state index >= 15 is 0 Å². The Hall–Kier alpha value is -1.95. The zero-order valence-electron chi connectivity index (χ0n) is 15.5. The molecule has 0 saturated carbocycles. The normalized spacial score (nSPS) is 10.7. The molecular weight excluding hydrogens is 334 g/mol. The van der Waals surface area contributed by atoms with Gasteiger partial charge in [-0.1, -0.05) is 17.3 Å². The third kappa shape index (κ3) is 5.81. The highest BCUT2D eigenvalue weighted by molar-refractivity contribution is 7.99. The molecule has 0 aliphatic carbocycles. The van der Waals surface area contributed by atoms with E-state index in [0.717, 1.165) is 35.9 Å². The lowest BCUT2D eigenvalue weighted by Gasteiger charge is -2.23. The molecular formula is C19H27N3O2S. The molecule has 1 aromatic carbocycles. The second-order valence-electron chi connectivity index (χ2n) is 6.06. The van der Waals surface area contributed by atoms with Crippen LogP contribution in [0, 0.1) is 20.8 Å². The maximum Gasteiger partial charge on any atom is 0.230 e. The standard InChI is InChI=1S/C19H27N3O2S/c1-5-22(17-8-6-7-14(2)11-17)10-9-20-19(23)13-25-12-18-15(3)21-24-16(18)4/h6-8,11H,5,9-10,12-13H2,1-4H3,(H,20,23). The average molecular weight is 362 g/mol. The van der Waals surface area contributed by atoms with Gasteiger partial charge in [-0.2, -0.15) is 0 Å². The third-order valence-corrected chi connectivity index (χ3v) is 5.07. The Morgan fingerprint density at radius 1 is 1.32 bits per heavy atom. The quantitative estimate of drug-likeness (QED) is 0.741. The molecule has 0 aliphatic heterocycles. The van der Waals surface area contributed by atoms with E-state index in [1.807, 2.05) is 13.8 Å². The van der Waals surface area contributed by atoms with E-state index in [-0.39, 0.29) is 5.91 Å². The van der Waals surface area contributed by atoms with Crippen LogP contribution in [0.15, 0.2) is 28.8 Å². The molecule has 0 aliphatic rings. The number of carbonyl (C=O) groups is 1. The first kappa shape index (κ1) is 19.4. The van der Waals surface area contributed by atoms with Gasteiger partial charge in [0, 0.05) is 36.6 Å². The van der Waals surface area contributed by atoms with Crippen molar-refractivity contribution >= 4 is 23.4 Å². The number of amides is 1. The Morgan fingerprint density at radius 3 is 2.76 bits per heavy atom. The number of thioether (sulfide) groups is 1. The molecule has 2 rings (SSSR count). The summed E-state index contributed by atoms with van der Waals surface area (Å²) in [5.41, 5.74) is 4.44. The van der Waals surface area contributed by atoms with Crippen molar-refractivity contribution in [2.45, 2.75) is 33.4 Å². The molecule has 136 valence electrons. The molecule has 25 heavy (non-hydrogen) atoms. The molecule has 1 amide bonds. The lowest BCUT2D eigenvalue weighted by atomic mass is 10.2. The number of rotatable bonds is 9. The number of nitrogens with one attached hydrogen (secondary N) is 1. The highest BCUT2D eigenvalue weighted by atomic mass is 32.2. The van der Waals surface area contributed by atoms with Crippen molar-refractivity contribution in [1.29, 1.82) is 0 Å². The minimum absolute atomic E-state index is 0.0667. The Labute approximate surface area is 154 Å². The maximum atomic E-state index is 12.0. The van der Waals surface area contributed by atoms with Crippen LogP contribution in [-0.2, 0) is 10.5 Å². The summed E-state index contributed by atoms with van der Waals surface area (Å²) in [5, 5.41) is 6.93. The van der Waals surface area contributed by atoms with Gasteiger partial charge >= 0.3 is 0 Å². The fourth-order valence-electron chi connectivity index (χ4n) is 2.63. The van der Waals surface area contributed by atoms with Gasteiger partial charge in [0.25, 0.3) is 0 Å². The first-order chi connectivity index (χ1) is 12.0. The number of anilines is 1. The molecule has 2 aromatic rings. The van der Waals surface area contributed by atoms with E-state index < -0.39 is 0 Å². The minimum atomic E-state index is 0.0667. The van der Waals surface area contributed by atoms with Gasteiger partial charge in [-0.15, -0.1) is 11.8 Å². The summed E-state index contributed by atoms with van der Waals surface area (Å²) in [5.74, 6) is 2.10. The topological polar surface area (TPSA) is 58.4 Å². The van der Waals surface area contributed by atoms with E-state index in [0.29, 0.717) is 12.3 Å². The summed E-state index contributed by atoms with van der Waals surface area (Å²) in [4.78, 5) is 14.3. The van der Waals surface area contributed by atoms with Gasteiger partial charge in [0.1, 0.15) is 5.76 Å². The second kappa shape index (κ2) is 9.51. The van der Waals surface area contributed by atoms with Gasteiger partial charge in [0.05, 0.1) is 11.4 Å². The Balaban J connectivity index is 1.71. The van der Waals surface area contributed by atoms with Crippen molar-refractivity contribution in [1.82, 2.24) is 10.5 Å². The molecule has 0 fully saturated rings. The maximum absolute atomic E-state index is 12.0. The molecule has 1 heterocycles. The third-order valence-electron chi connectivity index (χ3n) is 4.11. The van der Waals surface area contributed by atoms with Crippen LogP contribution in [0.3, 0.4) is 0 Å². The summed E-state index contributed by atoms with van der Waals surface area (Å²) < 4.78 is 5.14. The summed E-state index contributed by atoms with van der Waals surface area (Å²) in [6.07, 6.45) is 0. The van der Waals surface area contributed by atoms with Gasteiger partial charge in [-0.3, -0.25) is 4.79 Å². The molecule has 0 unspecified atom stereocenters. The van der Waals surface area contributed by atoms with Gasteiger partial charge in [-0.05, 0) is 45.4 Å². The molecule has 1 N–H and O–H groups in total. The molecule has 0 bridgehead atoms. The number of aromatic nitrogens is 1. The van der Waals surface area contributed by atoms with Crippen LogP contribution >= 0.6 is 11.8 Å². The Bertz CT molecular complexity index is 680. The largest absolute Gasteiger partial charge is 0.370 e. The molecule has 1 aromatic heterocycles. The number of hydrogen-bond acceptors (Lipinski definition) is 5. The van der Waals surface area contributed by atoms with Crippen LogP contribution in [0.4, 0.5) is 5.69 Å². The molecule has 0 saturated heterocycles. The number of nitrogens with zero attached hydrogens (tertiary/aromatic N) is 2. The SMILES string of the molecule is CCN(CCNC(=O)CSCc1c(C)noc1C)c1cccc(C)c1. The Kier molecular flexibility index (Phi) is 7.37. The van der Waals surface area contributed by atoms with Crippen molar-refractivity contribution in [2.75, 3.05) is 30.3 Å². The van der Waals surface area contributed by atoms with Gasteiger partial charge in [-0.25, -0.2) is 0 Å². The van der Waals surface area contributed by atoms with Gasteiger partial charge in [0.15, 0.2) is 0 Å². The van der Waals surface area contributed by atoms with Gasteiger partial charge in [0.2, 0.25) is 5.91 Å². The van der Waals surface area contributed by atoms with Crippen molar-refractivity contribution < 1.29 is 9.32 Å². The number of benzene rings is 1. The molecule has 0 spiro atoms. The van der Waals surface area contributed by atoms with Crippen molar-refractivity contribution in [2.24, 2.45) is 0 Å². The van der Waals surface area contributed by atoms with Crippen molar-refractivity contribution in [3.8, 4) is 0 Å². The molecule has 6 heteroatoms. The summed E-state index contributed by atoms with van der Waals surface area (Å²) in [7, 11) is 0. The predicted molar refractivity (Wildman–Crippen MR) is 104 cm³/mol. The number of hydrogen-bond donors (Lipinski definition) is 1. The highest BCUT2D eigenvalue weighted by Crippen LogP contribution is 2.19. The summed E-state index contributed by atoms with van der Waals surface area (Å²) in [6, 6.07) is 8.44. The first-order valence-electron chi connectivity index (χ1n) is 8.59. The lowest BCUT2D eigenvalue weighted by molar-refractivity contribution is -0.118. The van der Waals surface area contributed by atoms with E-state index in [1.54, 1.807) is 11.8 Å². The van der Waals surface area contributed by atoms with Gasteiger partial charge < -0.3 is 14.7 Å². The van der Waals surface area contributed by atoms with Crippen LogP contribution < -0.4 is 10.2 Å². The Morgan fingerprint density at radius 2 is 2.12 bits per heavy atom. The highest BCUT2D eigenvalue weighted by Gasteiger charge is 2.10. The zero-order chi connectivity index (χ0) is 18.2. The average Bonchev–Trinajstić information content (AvgIpc) is 2.90. The van der Waals surface area contributed by atoms with Crippen molar-refractivity contribution in [3.63, 3.8) is 0 Å². The predicted octanol–water partition coefficient (Wildman–Crippen LogP) is 3.48. The van der Waals surface area contributed by atoms with Crippen LogP contribution in [-0.4, -0.2) is 36.5 Å². The fraction of sp³-hybridized carbons (Fsp3) is 0.474. The lowest BCUT2D eigenvalue weighted by Crippen LogP contribution is -2.35. The minimum Gasteiger partial charge on any atom is -0.370 e. The number of aryl methyl sites for hydroxylation is 3. The second-order valence-corrected chi connectivity index (χ2v) is 7.05. The zero-order valence-corrected chi connectivity index (χ0v) is 16.3. The molecule has 0 atom stereocenters. The van der Waals surface area contributed by atoms with Crippen LogP contribution in [0.1, 0.15) is 29.5 Å². The number of carbonyl (C=O) groups excluding carboxylic acids is 1. The van der Waals surface area contributed by atoms with E-state index in [4.69, 9.17) is 4.52 Å². The smallest absolute Gasteiger partial charge is 0.230 e. The van der Waals surface area contributed by atoms with E-state index in [9.17, 15) is 4.79 Å². The fourth-order valence-corrected chi connectivity index (χ4v) is 3.64. The van der Waals surface area contributed by atoms with Crippen LogP contribution in [0.5, 0.6) is 0 Å². The van der Waals surface area contributed by atoms with Crippen LogP contribution in [0.2, 0.25) is 0 Å². The summed E-state index contributed by atoms with van der Waals surface area (Å²) >= 11 is 1.58. The van der Waals surface area contributed by atoms with E-state index in [1.165, 1.54) is 11.3 Å².